The van der Waals surface area contributed by atoms with Crippen LogP contribution in [0.4, 0.5) is 0 Å². The first-order valence-electron chi connectivity index (χ1n) is 14.0. The van der Waals surface area contributed by atoms with Crippen molar-refractivity contribution in [3.63, 3.8) is 0 Å². The van der Waals surface area contributed by atoms with E-state index in [0.717, 1.165) is 40.7 Å². The van der Waals surface area contributed by atoms with Crippen molar-refractivity contribution in [2.75, 3.05) is 13.2 Å². The third-order valence-corrected chi connectivity index (χ3v) is 6.40. The maximum atomic E-state index is 12.4. The molecule has 6 nitrogen and oxygen atoms in total. The van der Waals surface area contributed by atoms with Crippen LogP contribution in [0.3, 0.4) is 0 Å². The molecule has 0 radical (unpaired) electrons. The van der Waals surface area contributed by atoms with E-state index in [-0.39, 0.29) is 12.6 Å². The predicted molar refractivity (Wildman–Crippen MR) is 157 cm³/mol. The van der Waals surface area contributed by atoms with Crippen molar-refractivity contribution >= 4 is 11.9 Å². The van der Waals surface area contributed by atoms with Gasteiger partial charge in [-0.05, 0) is 59.1 Å². The second-order valence-corrected chi connectivity index (χ2v) is 10.8. The van der Waals surface area contributed by atoms with Gasteiger partial charge in [0.05, 0.1) is 13.2 Å². The van der Waals surface area contributed by atoms with Gasteiger partial charge < -0.3 is 18.9 Å². The zero-order valence-corrected chi connectivity index (χ0v) is 24.6. The van der Waals surface area contributed by atoms with Gasteiger partial charge in [-0.15, -0.1) is 0 Å². The van der Waals surface area contributed by atoms with Crippen LogP contribution in [0.15, 0.2) is 66.7 Å². The van der Waals surface area contributed by atoms with Gasteiger partial charge in [-0.1, -0.05) is 82.3 Å². The summed E-state index contributed by atoms with van der Waals surface area (Å²) in [6.07, 6.45) is 1.13. The number of hydrogen-bond acceptors (Lipinski definition) is 6. The summed E-state index contributed by atoms with van der Waals surface area (Å²) >= 11 is 0. The molecule has 3 aromatic rings. The van der Waals surface area contributed by atoms with Crippen molar-refractivity contribution < 1.29 is 28.5 Å². The summed E-state index contributed by atoms with van der Waals surface area (Å²) < 4.78 is 23.6. The molecule has 6 heteroatoms. The molecule has 0 aliphatic heterocycles. The molecule has 0 saturated heterocycles. The van der Waals surface area contributed by atoms with Crippen LogP contribution >= 0.6 is 0 Å². The molecule has 0 N–H and O–H groups in total. The molecule has 1 atom stereocenters. The quantitative estimate of drug-likeness (QED) is 0.191. The summed E-state index contributed by atoms with van der Waals surface area (Å²) in [7, 11) is 0. The van der Waals surface area contributed by atoms with Gasteiger partial charge in [-0.3, -0.25) is 9.59 Å². The SMILES string of the molecule is CC(=O)OCc1ccc(C(OC(C)=O)c2cc(OCCC(C)C)c(OCCC(C)C)cc2-c2ccccc2)cc1. The molecule has 0 aliphatic carbocycles. The van der Waals surface area contributed by atoms with Crippen LogP contribution in [0, 0.1) is 11.8 Å². The van der Waals surface area contributed by atoms with Gasteiger partial charge in [0, 0.05) is 19.4 Å². The lowest BCUT2D eigenvalue weighted by Gasteiger charge is -2.24. The Morgan fingerprint density at radius 2 is 1.30 bits per heavy atom. The van der Waals surface area contributed by atoms with Crippen molar-refractivity contribution in [1.29, 1.82) is 0 Å². The summed E-state index contributed by atoms with van der Waals surface area (Å²) in [6, 6.07) is 21.5. The van der Waals surface area contributed by atoms with E-state index in [1.54, 1.807) is 0 Å². The topological polar surface area (TPSA) is 71.1 Å². The third kappa shape index (κ3) is 9.44. The van der Waals surface area contributed by atoms with Crippen LogP contribution in [0.1, 0.15) is 77.2 Å². The van der Waals surface area contributed by atoms with Crippen molar-refractivity contribution in [3.8, 4) is 22.6 Å². The lowest BCUT2D eigenvalue weighted by Crippen LogP contribution is -2.13. The molecule has 3 aromatic carbocycles. The van der Waals surface area contributed by atoms with E-state index in [0.29, 0.717) is 36.5 Å². The Morgan fingerprint density at radius 3 is 1.82 bits per heavy atom. The summed E-state index contributed by atoms with van der Waals surface area (Å²) in [5.41, 5.74) is 4.30. The smallest absolute Gasteiger partial charge is 0.303 e. The highest BCUT2D eigenvalue weighted by Crippen LogP contribution is 2.42. The number of hydrogen-bond donors (Lipinski definition) is 0. The normalized spacial score (nSPS) is 11.8. The first-order chi connectivity index (χ1) is 19.1. The number of carbonyl (C=O) groups is 2. The van der Waals surface area contributed by atoms with E-state index in [2.05, 4.69) is 27.7 Å². The lowest BCUT2D eigenvalue weighted by atomic mass is 9.91. The molecule has 214 valence electrons. The summed E-state index contributed by atoms with van der Waals surface area (Å²) in [5, 5.41) is 0. The molecule has 40 heavy (non-hydrogen) atoms. The second kappa shape index (κ2) is 15.1. The Kier molecular flexibility index (Phi) is 11.6. The Hall–Kier alpha value is -3.80. The summed E-state index contributed by atoms with van der Waals surface area (Å²) in [5.74, 6) is 1.57. The number of rotatable bonds is 14. The first-order valence-corrected chi connectivity index (χ1v) is 14.0. The van der Waals surface area contributed by atoms with Crippen molar-refractivity contribution in [1.82, 2.24) is 0 Å². The van der Waals surface area contributed by atoms with Crippen LogP contribution in [0.25, 0.3) is 11.1 Å². The molecule has 0 amide bonds. The molecule has 3 rings (SSSR count). The molecule has 0 spiro atoms. The monoisotopic (exact) mass is 546 g/mol. The molecular formula is C34H42O6. The van der Waals surface area contributed by atoms with E-state index in [1.165, 1.54) is 13.8 Å². The van der Waals surface area contributed by atoms with Gasteiger partial charge in [0.25, 0.3) is 0 Å². The zero-order chi connectivity index (χ0) is 29.1. The molecule has 0 bridgehead atoms. The van der Waals surface area contributed by atoms with Crippen LogP contribution in [0.2, 0.25) is 0 Å². The average molecular weight is 547 g/mol. The van der Waals surface area contributed by atoms with E-state index < -0.39 is 12.1 Å². The predicted octanol–water partition coefficient (Wildman–Crippen LogP) is 7.92. The van der Waals surface area contributed by atoms with E-state index in [1.807, 2.05) is 66.7 Å². The molecule has 0 aliphatic rings. The van der Waals surface area contributed by atoms with Crippen molar-refractivity contribution in [3.05, 3.63) is 83.4 Å². The van der Waals surface area contributed by atoms with Crippen LogP contribution in [0.5, 0.6) is 11.5 Å². The largest absolute Gasteiger partial charge is 0.490 e. The van der Waals surface area contributed by atoms with Gasteiger partial charge in [0.15, 0.2) is 17.6 Å². The second-order valence-electron chi connectivity index (χ2n) is 10.8. The van der Waals surface area contributed by atoms with Gasteiger partial charge in [0.1, 0.15) is 6.61 Å². The fraction of sp³-hybridized carbons (Fsp3) is 0.412. The van der Waals surface area contributed by atoms with Crippen molar-refractivity contribution in [2.45, 2.75) is 67.1 Å². The molecular weight excluding hydrogens is 504 g/mol. The van der Waals surface area contributed by atoms with Crippen LogP contribution in [-0.2, 0) is 25.7 Å². The van der Waals surface area contributed by atoms with E-state index in [9.17, 15) is 9.59 Å². The Morgan fingerprint density at radius 1 is 0.725 bits per heavy atom. The van der Waals surface area contributed by atoms with Gasteiger partial charge in [-0.25, -0.2) is 0 Å². The minimum absolute atomic E-state index is 0.180. The molecule has 0 heterocycles. The van der Waals surface area contributed by atoms with Gasteiger partial charge in [0.2, 0.25) is 0 Å². The maximum Gasteiger partial charge on any atom is 0.303 e. The zero-order valence-electron chi connectivity index (χ0n) is 24.6. The third-order valence-electron chi connectivity index (χ3n) is 6.40. The Bertz CT molecular complexity index is 1230. The molecule has 0 fully saturated rings. The number of carbonyl (C=O) groups excluding carboxylic acids is 2. The highest BCUT2D eigenvalue weighted by molar-refractivity contribution is 5.74. The van der Waals surface area contributed by atoms with Gasteiger partial charge in [-0.2, -0.15) is 0 Å². The van der Waals surface area contributed by atoms with E-state index in [4.69, 9.17) is 18.9 Å². The highest BCUT2D eigenvalue weighted by atomic mass is 16.5. The fourth-order valence-electron chi connectivity index (χ4n) is 4.15. The van der Waals surface area contributed by atoms with Crippen LogP contribution in [-0.4, -0.2) is 25.2 Å². The lowest BCUT2D eigenvalue weighted by molar-refractivity contribution is -0.145. The standard InChI is InChI=1S/C34H42O6/c1-23(2)16-18-37-32-20-30(28-10-8-7-9-11-28)31(21-33(32)38-19-17-24(3)4)34(40-26(6)36)29-14-12-27(13-15-29)22-39-25(5)35/h7-15,20-21,23-24,34H,16-19,22H2,1-6H3. The first kappa shape index (κ1) is 30.7. The molecule has 0 aromatic heterocycles. The van der Waals surface area contributed by atoms with Gasteiger partial charge >= 0.3 is 11.9 Å². The van der Waals surface area contributed by atoms with Crippen LogP contribution < -0.4 is 9.47 Å². The summed E-state index contributed by atoms with van der Waals surface area (Å²) in [6.45, 7) is 12.8. The van der Waals surface area contributed by atoms with Crippen molar-refractivity contribution in [2.24, 2.45) is 11.8 Å². The number of esters is 2. The highest BCUT2D eigenvalue weighted by Gasteiger charge is 2.25. The number of ether oxygens (including phenoxy) is 4. The maximum absolute atomic E-state index is 12.4. The minimum atomic E-state index is -0.687. The minimum Gasteiger partial charge on any atom is -0.490 e. The number of benzene rings is 3. The van der Waals surface area contributed by atoms with E-state index >= 15 is 0 Å². The fourth-order valence-corrected chi connectivity index (χ4v) is 4.15. The Labute approximate surface area is 238 Å². The molecule has 0 saturated carbocycles. The average Bonchev–Trinajstić information content (AvgIpc) is 2.91. The molecule has 1 unspecified atom stereocenters. The summed E-state index contributed by atoms with van der Waals surface area (Å²) in [4.78, 5) is 23.6. The Balaban J connectivity index is 2.12.